The van der Waals surface area contributed by atoms with E-state index in [1.165, 1.54) is 0 Å². The Hall–Kier alpha value is -1.11. The van der Waals surface area contributed by atoms with Crippen molar-refractivity contribution in [1.82, 2.24) is 0 Å². The van der Waals surface area contributed by atoms with E-state index in [0.29, 0.717) is 0 Å². The number of carbonyl (C=O) groups is 1. The van der Waals surface area contributed by atoms with Gasteiger partial charge in [0.15, 0.2) is 5.78 Å². The summed E-state index contributed by atoms with van der Waals surface area (Å²) in [6.07, 6.45) is 9.34. The van der Waals surface area contributed by atoms with E-state index in [-0.39, 0.29) is 11.7 Å². The Balaban J connectivity index is 4.36. The SMILES string of the molecule is C/C=C/C(=O)[C@@H](C)/C=C(C)/C=C/C. The molecule has 0 N–H and O–H groups in total. The summed E-state index contributed by atoms with van der Waals surface area (Å²) < 4.78 is 0. The Labute approximate surface area is 80.8 Å². The van der Waals surface area contributed by atoms with Crippen LogP contribution in [0.5, 0.6) is 0 Å². The Morgan fingerprint density at radius 1 is 1.15 bits per heavy atom. The second kappa shape index (κ2) is 6.41. The van der Waals surface area contributed by atoms with E-state index in [9.17, 15) is 4.79 Å². The van der Waals surface area contributed by atoms with Crippen LogP contribution in [-0.2, 0) is 4.79 Å². The van der Waals surface area contributed by atoms with Gasteiger partial charge in [0.05, 0.1) is 0 Å². The number of rotatable bonds is 4. The van der Waals surface area contributed by atoms with Crippen LogP contribution in [-0.4, -0.2) is 5.78 Å². The standard InChI is InChI=1S/C12H18O/c1-5-7-10(3)9-11(4)12(13)8-6-2/h5-9,11H,1-4H3/b7-5+,8-6+,10-9+/t11-/m0/s1. The van der Waals surface area contributed by atoms with Gasteiger partial charge in [0.1, 0.15) is 0 Å². The van der Waals surface area contributed by atoms with E-state index in [4.69, 9.17) is 0 Å². The summed E-state index contributed by atoms with van der Waals surface area (Å²) in [6.45, 7) is 7.73. The van der Waals surface area contributed by atoms with Gasteiger partial charge in [-0.25, -0.2) is 0 Å². The second-order valence-corrected chi connectivity index (χ2v) is 3.10. The summed E-state index contributed by atoms with van der Waals surface area (Å²) in [6, 6.07) is 0. The molecule has 0 bridgehead atoms. The fraction of sp³-hybridized carbons (Fsp3) is 0.417. The Bertz CT molecular complexity index is 244. The van der Waals surface area contributed by atoms with Crippen molar-refractivity contribution >= 4 is 5.78 Å². The topological polar surface area (TPSA) is 17.1 Å². The van der Waals surface area contributed by atoms with Gasteiger partial charge in [-0.1, -0.05) is 36.8 Å². The minimum absolute atomic E-state index is 0.0209. The lowest BCUT2D eigenvalue weighted by molar-refractivity contribution is -0.116. The predicted molar refractivity (Wildman–Crippen MR) is 57.6 cm³/mol. The van der Waals surface area contributed by atoms with Gasteiger partial charge in [-0.2, -0.15) is 0 Å². The quantitative estimate of drug-likeness (QED) is 0.477. The smallest absolute Gasteiger partial charge is 0.161 e. The molecule has 0 amide bonds. The van der Waals surface area contributed by atoms with Crippen molar-refractivity contribution in [2.24, 2.45) is 5.92 Å². The zero-order valence-electron chi connectivity index (χ0n) is 8.87. The summed E-state index contributed by atoms with van der Waals surface area (Å²) in [5, 5.41) is 0. The summed E-state index contributed by atoms with van der Waals surface area (Å²) in [5.41, 5.74) is 1.13. The van der Waals surface area contributed by atoms with Crippen LogP contribution in [0.4, 0.5) is 0 Å². The van der Waals surface area contributed by atoms with Gasteiger partial charge in [0.2, 0.25) is 0 Å². The van der Waals surface area contributed by atoms with E-state index in [0.717, 1.165) is 5.57 Å². The highest BCUT2D eigenvalue weighted by Crippen LogP contribution is 2.06. The van der Waals surface area contributed by atoms with Crippen LogP contribution in [0, 0.1) is 5.92 Å². The molecule has 0 aromatic carbocycles. The Morgan fingerprint density at radius 3 is 2.15 bits per heavy atom. The lowest BCUT2D eigenvalue weighted by Crippen LogP contribution is -2.04. The van der Waals surface area contributed by atoms with Crippen LogP contribution in [0.3, 0.4) is 0 Å². The molecule has 0 saturated heterocycles. The first-order chi connectivity index (χ1) is 6.11. The number of hydrogen-bond acceptors (Lipinski definition) is 1. The van der Waals surface area contributed by atoms with Crippen LogP contribution < -0.4 is 0 Å². The maximum absolute atomic E-state index is 11.3. The number of hydrogen-bond donors (Lipinski definition) is 0. The summed E-state index contributed by atoms with van der Waals surface area (Å²) in [5.74, 6) is 0.138. The molecular formula is C12H18O. The monoisotopic (exact) mass is 178 g/mol. The van der Waals surface area contributed by atoms with Gasteiger partial charge in [0.25, 0.3) is 0 Å². The molecule has 0 fully saturated rings. The molecular weight excluding hydrogens is 160 g/mol. The van der Waals surface area contributed by atoms with Gasteiger partial charge >= 0.3 is 0 Å². The number of carbonyl (C=O) groups excluding carboxylic acids is 1. The molecule has 72 valence electrons. The normalized spacial score (nSPS) is 15.5. The van der Waals surface area contributed by atoms with Crippen molar-refractivity contribution in [3.8, 4) is 0 Å². The van der Waals surface area contributed by atoms with E-state index in [2.05, 4.69) is 0 Å². The maximum Gasteiger partial charge on any atom is 0.161 e. The van der Waals surface area contributed by atoms with Gasteiger partial charge in [-0.3, -0.25) is 4.79 Å². The molecule has 1 atom stereocenters. The van der Waals surface area contributed by atoms with Crippen molar-refractivity contribution in [2.75, 3.05) is 0 Å². The highest BCUT2D eigenvalue weighted by atomic mass is 16.1. The van der Waals surface area contributed by atoms with E-state index in [1.807, 2.05) is 45.9 Å². The largest absolute Gasteiger partial charge is 0.294 e. The highest BCUT2D eigenvalue weighted by molar-refractivity contribution is 5.92. The summed E-state index contributed by atoms with van der Waals surface area (Å²) in [7, 11) is 0. The molecule has 0 spiro atoms. The molecule has 0 radical (unpaired) electrons. The van der Waals surface area contributed by atoms with Gasteiger partial charge in [0, 0.05) is 5.92 Å². The first-order valence-corrected chi connectivity index (χ1v) is 4.59. The molecule has 0 heterocycles. The molecule has 1 nitrogen and oxygen atoms in total. The van der Waals surface area contributed by atoms with E-state index in [1.54, 1.807) is 12.2 Å². The fourth-order valence-corrected chi connectivity index (χ4v) is 1.11. The van der Waals surface area contributed by atoms with Crippen molar-refractivity contribution in [2.45, 2.75) is 27.7 Å². The molecule has 1 heteroatoms. The minimum Gasteiger partial charge on any atom is -0.294 e. The van der Waals surface area contributed by atoms with Crippen molar-refractivity contribution < 1.29 is 4.79 Å². The molecule has 0 aliphatic carbocycles. The number of ketones is 1. The fourth-order valence-electron chi connectivity index (χ4n) is 1.11. The maximum atomic E-state index is 11.3. The van der Waals surface area contributed by atoms with Crippen molar-refractivity contribution in [1.29, 1.82) is 0 Å². The molecule has 13 heavy (non-hydrogen) atoms. The Morgan fingerprint density at radius 2 is 1.69 bits per heavy atom. The third kappa shape index (κ3) is 5.18. The van der Waals surface area contributed by atoms with Crippen LogP contribution in [0.15, 0.2) is 36.0 Å². The lowest BCUT2D eigenvalue weighted by Gasteiger charge is -2.01. The zero-order valence-corrected chi connectivity index (χ0v) is 8.87. The second-order valence-electron chi connectivity index (χ2n) is 3.10. The molecule has 0 aromatic rings. The third-order valence-electron chi connectivity index (χ3n) is 1.72. The minimum atomic E-state index is -0.0209. The van der Waals surface area contributed by atoms with Crippen LogP contribution in [0.2, 0.25) is 0 Å². The Kier molecular flexibility index (Phi) is 5.86. The average Bonchev–Trinajstić information content (AvgIpc) is 2.05. The molecule has 0 aliphatic rings. The summed E-state index contributed by atoms with van der Waals surface area (Å²) >= 11 is 0. The lowest BCUT2D eigenvalue weighted by atomic mass is 10.0. The first kappa shape index (κ1) is 11.9. The van der Waals surface area contributed by atoms with Gasteiger partial charge < -0.3 is 0 Å². The summed E-state index contributed by atoms with van der Waals surface area (Å²) in [4.78, 5) is 11.3. The third-order valence-corrected chi connectivity index (χ3v) is 1.72. The van der Waals surface area contributed by atoms with Crippen LogP contribution in [0.25, 0.3) is 0 Å². The van der Waals surface area contributed by atoms with E-state index < -0.39 is 0 Å². The van der Waals surface area contributed by atoms with Crippen LogP contribution >= 0.6 is 0 Å². The molecule has 0 saturated carbocycles. The molecule has 0 unspecified atom stereocenters. The van der Waals surface area contributed by atoms with Crippen molar-refractivity contribution in [3.05, 3.63) is 36.0 Å². The zero-order chi connectivity index (χ0) is 10.3. The van der Waals surface area contributed by atoms with Crippen LogP contribution in [0.1, 0.15) is 27.7 Å². The molecule has 0 rings (SSSR count). The van der Waals surface area contributed by atoms with Gasteiger partial charge in [-0.15, -0.1) is 0 Å². The highest BCUT2D eigenvalue weighted by Gasteiger charge is 2.04. The first-order valence-electron chi connectivity index (χ1n) is 4.59. The van der Waals surface area contributed by atoms with Crippen molar-refractivity contribution in [3.63, 3.8) is 0 Å². The number of allylic oxidation sites excluding steroid dienone is 6. The predicted octanol–water partition coefficient (Wildman–Crippen LogP) is 3.29. The van der Waals surface area contributed by atoms with Gasteiger partial charge in [-0.05, 0) is 26.8 Å². The van der Waals surface area contributed by atoms with E-state index >= 15 is 0 Å². The average molecular weight is 178 g/mol. The molecule has 0 aliphatic heterocycles. The molecule has 0 aromatic heterocycles.